The number of hydrogen-bond donors (Lipinski definition) is 1. The number of benzene rings is 1. The third kappa shape index (κ3) is 5.76. The first-order valence-corrected chi connectivity index (χ1v) is 12.0. The lowest BCUT2D eigenvalue weighted by atomic mass is 10.0. The highest BCUT2D eigenvalue weighted by molar-refractivity contribution is 5.95. The van der Waals surface area contributed by atoms with Gasteiger partial charge in [0.1, 0.15) is 11.6 Å². The van der Waals surface area contributed by atoms with Gasteiger partial charge in [-0.05, 0) is 43.7 Å². The number of pyridine rings is 1. The molecule has 0 unspecified atom stereocenters. The standard InChI is InChI=1S/C26H29FN6O3/c1-3-9-29-25(34)23-7-8-24(31-30-23)32-10-12-33(13-11-32)26(35)18-5-6-21(22(27)15-18)19-14-20(36-4-2)17-28-16-19/h5-8,14-17H,3-4,9-13H2,1-2H3,(H,29,34). The van der Waals surface area contributed by atoms with Gasteiger partial charge in [-0.3, -0.25) is 14.6 Å². The molecule has 0 aliphatic carbocycles. The fourth-order valence-corrected chi connectivity index (χ4v) is 3.96. The van der Waals surface area contributed by atoms with E-state index in [1.807, 2.05) is 18.7 Å². The van der Waals surface area contributed by atoms with Crippen molar-refractivity contribution in [1.82, 2.24) is 25.4 Å². The molecule has 0 spiro atoms. The SMILES string of the molecule is CCCNC(=O)c1ccc(N2CCN(C(=O)c3ccc(-c4cncc(OCC)c4)c(F)c3)CC2)nn1. The Morgan fingerprint density at radius 1 is 1.03 bits per heavy atom. The zero-order valence-electron chi connectivity index (χ0n) is 20.4. The topological polar surface area (TPSA) is 101 Å². The third-order valence-electron chi connectivity index (χ3n) is 5.86. The lowest BCUT2D eigenvalue weighted by Gasteiger charge is -2.35. The molecule has 3 aromatic rings. The number of ether oxygens (including phenoxy) is 1. The molecule has 1 aliphatic heterocycles. The van der Waals surface area contributed by atoms with Gasteiger partial charge in [0.15, 0.2) is 11.5 Å². The minimum absolute atomic E-state index is 0.227. The molecule has 0 bridgehead atoms. The van der Waals surface area contributed by atoms with Gasteiger partial charge in [0.2, 0.25) is 0 Å². The van der Waals surface area contributed by atoms with Crippen LogP contribution in [0, 0.1) is 5.82 Å². The number of rotatable bonds is 8. The fourth-order valence-electron chi connectivity index (χ4n) is 3.96. The van der Waals surface area contributed by atoms with Crippen LogP contribution in [0.3, 0.4) is 0 Å². The molecule has 1 fully saturated rings. The summed E-state index contributed by atoms with van der Waals surface area (Å²) in [6, 6.07) is 9.63. The van der Waals surface area contributed by atoms with Crippen LogP contribution in [0.25, 0.3) is 11.1 Å². The van der Waals surface area contributed by atoms with Crippen LogP contribution in [0.5, 0.6) is 5.75 Å². The van der Waals surface area contributed by atoms with Gasteiger partial charge in [-0.25, -0.2) is 4.39 Å². The van der Waals surface area contributed by atoms with Crippen molar-refractivity contribution in [3.8, 4) is 16.9 Å². The molecule has 1 N–H and O–H groups in total. The molecule has 188 valence electrons. The van der Waals surface area contributed by atoms with Crippen LogP contribution < -0.4 is 15.0 Å². The maximum atomic E-state index is 14.9. The van der Waals surface area contributed by atoms with E-state index in [1.165, 1.54) is 6.07 Å². The van der Waals surface area contributed by atoms with Crippen molar-refractivity contribution in [3.63, 3.8) is 0 Å². The smallest absolute Gasteiger partial charge is 0.271 e. The van der Waals surface area contributed by atoms with Crippen LogP contribution in [0.15, 0.2) is 48.8 Å². The van der Waals surface area contributed by atoms with Crippen molar-refractivity contribution in [2.75, 3.05) is 44.2 Å². The predicted octanol–water partition coefficient (Wildman–Crippen LogP) is 3.18. The van der Waals surface area contributed by atoms with Crippen molar-refractivity contribution in [1.29, 1.82) is 0 Å². The van der Waals surface area contributed by atoms with Crippen molar-refractivity contribution < 1.29 is 18.7 Å². The second-order valence-corrected chi connectivity index (χ2v) is 8.35. The lowest BCUT2D eigenvalue weighted by Crippen LogP contribution is -2.49. The second-order valence-electron chi connectivity index (χ2n) is 8.35. The highest BCUT2D eigenvalue weighted by Gasteiger charge is 2.24. The summed E-state index contributed by atoms with van der Waals surface area (Å²) in [5.41, 5.74) is 1.50. The Bertz CT molecular complexity index is 1210. The van der Waals surface area contributed by atoms with Gasteiger partial charge in [0.05, 0.1) is 12.8 Å². The molecule has 2 amide bonds. The Morgan fingerprint density at radius 3 is 2.50 bits per heavy atom. The van der Waals surface area contributed by atoms with Crippen LogP contribution in [-0.2, 0) is 0 Å². The van der Waals surface area contributed by atoms with Crippen LogP contribution in [0.4, 0.5) is 10.2 Å². The summed E-state index contributed by atoms with van der Waals surface area (Å²) in [5.74, 6) is 0.241. The molecule has 1 aliphatic rings. The van der Waals surface area contributed by atoms with E-state index >= 15 is 0 Å². The lowest BCUT2D eigenvalue weighted by molar-refractivity contribution is 0.0745. The van der Waals surface area contributed by atoms with Gasteiger partial charge in [-0.1, -0.05) is 13.0 Å². The highest BCUT2D eigenvalue weighted by atomic mass is 19.1. The minimum Gasteiger partial charge on any atom is -0.492 e. The fraction of sp³-hybridized carbons (Fsp3) is 0.346. The average Bonchev–Trinajstić information content (AvgIpc) is 2.92. The normalized spacial score (nSPS) is 13.4. The first-order valence-electron chi connectivity index (χ1n) is 12.0. The summed E-state index contributed by atoms with van der Waals surface area (Å²) < 4.78 is 20.4. The zero-order chi connectivity index (χ0) is 25.5. The van der Waals surface area contributed by atoms with E-state index in [9.17, 15) is 14.0 Å². The van der Waals surface area contributed by atoms with Gasteiger partial charge >= 0.3 is 0 Å². The number of anilines is 1. The van der Waals surface area contributed by atoms with Crippen LogP contribution in [0.2, 0.25) is 0 Å². The largest absolute Gasteiger partial charge is 0.492 e. The molecule has 0 saturated carbocycles. The average molecular weight is 493 g/mol. The molecule has 3 heterocycles. The molecule has 0 atom stereocenters. The van der Waals surface area contributed by atoms with E-state index < -0.39 is 5.82 Å². The van der Waals surface area contributed by atoms with Gasteiger partial charge in [-0.15, -0.1) is 10.2 Å². The summed E-state index contributed by atoms with van der Waals surface area (Å²) in [7, 11) is 0. The molecule has 4 rings (SSSR count). The maximum Gasteiger partial charge on any atom is 0.271 e. The van der Waals surface area contributed by atoms with Crippen molar-refractivity contribution in [2.45, 2.75) is 20.3 Å². The second kappa shape index (κ2) is 11.6. The Hall–Kier alpha value is -4.08. The number of halogens is 1. The van der Waals surface area contributed by atoms with E-state index in [0.717, 1.165) is 6.42 Å². The monoisotopic (exact) mass is 492 g/mol. The zero-order valence-corrected chi connectivity index (χ0v) is 20.4. The number of aromatic nitrogens is 3. The number of carbonyl (C=O) groups excluding carboxylic acids is 2. The molecule has 0 radical (unpaired) electrons. The molecule has 36 heavy (non-hydrogen) atoms. The number of carbonyl (C=O) groups is 2. The summed E-state index contributed by atoms with van der Waals surface area (Å²) in [6.07, 6.45) is 3.98. The van der Waals surface area contributed by atoms with E-state index in [2.05, 4.69) is 20.5 Å². The molecule has 1 aromatic carbocycles. The van der Waals surface area contributed by atoms with E-state index in [-0.39, 0.29) is 17.5 Å². The summed E-state index contributed by atoms with van der Waals surface area (Å²) in [5, 5.41) is 11.0. The molecular weight excluding hydrogens is 463 g/mol. The van der Waals surface area contributed by atoms with Crippen LogP contribution in [-0.4, -0.2) is 71.2 Å². The quantitative estimate of drug-likeness (QED) is 0.515. The van der Waals surface area contributed by atoms with Crippen LogP contribution in [0.1, 0.15) is 41.1 Å². The van der Waals surface area contributed by atoms with Crippen molar-refractivity contribution in [2.24, 2.45) is 0 Å². The Morgan fingerprint density at radius 2 is 1.83 bits per heavy atom. The molecule has 1 saturated heterocycles. The van der Waals surface area contributed by atoms with E-state index in [4.69, 9.17) is 4.74 Å². The van der Waals surface area contributed by atoms with Crippen molar-refractivity contribution >= 4 is 17.6 Å². The summed E-state index contributed by atoms with van der Waals surface area (Å²) in [4.78, 5) is 32.8. The number of piperazine rings is 1. The first-order chi connectivity index (χ1) is 17.5. The number of nitrogens with zero attached hydrogens (tertiary/aromatic N) is 5. The van der Waals surface area contributed by atoms with Gasteiger partial charge in [-0.2, -0.15) is 0 Å². The number of hydrogen-bond acceptors (Lipinski definition) is 7. The number of amides is 2. The molecular formula is C26H29FN6O3. The van der Waals surface area contributed by atoms with Crippen LogP contribution >= 0.6 is 0 Å². The van der Waals surface area contributed by atoms with Gasteiger partial charge < -0.3 is 19.9 Å². The van der Waals surface area contributed by atoms with Gasteiger partial charge in [0.25, 0.3) is 11.8 Å². The van der Waals surface area contributed by atoms with E-state index in [0.29, 0.717) is 67.6 Å². The maximum absolute atomic E-state index is 14.9. The summed E-state index contributed by atoms with van der Waals surface area (Å²) >= 11 is 0. The molecule has 9 nitrogen and oxygen atoms in total. The Kier molecular flexibility index (Phi) is 8.04. The first kappa shape index (κ1) is 25.0. The van der Waals surface area contributed by atoms with E-state index in [1.54, 1.807) is 47.6 Å². The minimum atomic E-state index is -0.492. The predicted molar refractivity (Wildman–Crippen MR) is 134 cm³/mol. The van der Waals surface area contributed by atoms with Crippen molar-refractivity contribution in [3.05, 3.63) is 65.9 Å². The molecule has 10 heteroatoms. The van der Waals surface area contributed by atoms with Gasteiger partial charge in [0, 0.05) is 55.6 Å². The third-order valence-corrected chi connectivity index (χ3v) is 5.86. The molecule has 2 aromatic heterocycles. The number of nitrogens with one attached hydrogen (secondary N) is 1. The Balaban J connectivity index is 1.37. The Labute approximate surface area is 209 Å². The summed E-state index contributed by atoms with van der Waals surface area (Å²) in [6.45, 7) is 6.95. The highest BCUT2D eigenvalue weighted by Crippen LogP contribution is 2.26.